The maximum absolute atomic E-state index is 13.4. The van der Waals surface area contributed by atoms with E-state index in [-0.39, 0.29) is 5.82 Å². The van der Waals surface area contributed by atoms with Crippen molar-refractivity contribution in [2.45, 2.75) is 12.0 Å². The van der Waals surface area contributed by atoms with Gasteiger partial charge in [0.2, 0.25) is 0 Å². The van der Waals surface area contributed by atoms with Crippen molar-refractivity contribution in [2.24, 2.45) is 15.7 Å². The standard InChI is InChI=1S/C23H20FN5/c24-20-7-5-16(6-8-20)17-3-1-4-19(15-17)23(18-9-12-26-13-10-18)21-27-11-2-14-29(21)22(25)28-23/h1,3-10,12-13,15H,2,11,14H2,(H2,25,28). The molecule has 0 radical (unpaired) electrons. The second kappa shape index (κ2) is 6.81. The molecule has 2 aliphatic heterocycles. The fraction of sp³-hybridized carbons (Fsp3) is 0.174. The molecule has 2 aromatic carbocycles. The summed E-state index contributed by atoms with van der Waals surface area (Å²) in [4.78, 5) is 16.0. The van der Waals surface area contributed by atoms with E-state index in [1.807, 2.05) is 35.2 Å². The van der Waals surface area contributed by atoms with Crippen molar-refractivity contribution in [1.82, 2.24) is 9.88 Å². The number of fused-ring (bicyclic) bond motifs is 1. The predicted octanol–water partition coefficient (Wildman–Crippen LogP) is 3.56. The lowest BCUT2D eigenvalue weighted by atomic mass is 9.81. The number of hydrogen-bond donors (Lipinski definition) is 1. The summed E-state index contributed by atoms with van der Waals surface area (Å²) in [5.74, 6) is 1.08. The number of rotatable bonds is 3. The molecule has 3 aromatic rings. The van der Waals surface area contributed by atoms with Crippen molar-refractivity contribution < 1.29 is 4.39 Å². The quantitative estimate of drug-likeness (QED) is 0.750. The van der Waals surface area contributed by atoms with Gasteiger partial charge < -0.3 is 5.73 Å². The number of guanidine groups is 1. The van der Waals surface area contributed by atoms with Gasteiger partial charge in [-0.1, -0.05) is 30.3 Å². The number of amidine groups is 1. The van der Waals surface area contributed by atoms with Gasteiger partial charge in [0, 0.05) is 25.5 Å². The molecule has 5 nitrogen and oxygen atoms in total. The molecule has 0 amide bonds. The third-order valence-corrected chi connectivity index (χ3v) is 5.50. The Morgan fingerprint density at radius 3 is 2.52 bits per heavy atom. The average Bonchev–Trinajstić information content (AvgIpc) is 3.09. The minimum Gasteiger partial charge on any atom is -0.369 e. The number of nitrogens with two attached hydrogens (primary N) is 1. The first kappa shape index (κ1) is 17.6. The van der Waals surface area contributed by atoms with Crippen LogP contribution >= 0.6 is 0 Å². The smallest absolute Gasteiger partial charge is 0.198 e. The summed E-state index contributed by atoms with van der Waals surface area (Å²) in [5, 5.41) is 0. The molecule has 2 N–H and O–H groups in total. The number of benzene rings is 2. The van der Waals surface area contributed by atoms with Gasteiger partial charge in [0.25, 0.3) is 0 Å². The van der Waals surface area contributed by atoms with E-state index in [0.29, 0.717) is 5.96 Å². The van der Waals surface area contributed by atoms with Gasteiger partial charge >= 0.3 is 0 Å². The first-order valence-electron chi connectivity index (χ1n) is 9.63. The SMILES string of the molecule is NC1=NC(c2ccncc2)(c2cccc(-c3ccc(F)cc3)c2)C2=NCCCN12. The van der Waals surface area contributed by atoms with E-state index >= 15 is 0 Å². The minimum atomic E-state index is -0.816. The van der Waals surface area contributed by atoms with Gasteiger partial charge in [-0.2, -0.15) is 0 Å². The lowest BCUT2D eigenvalue weighted by Crippen LogP contribution is -2.46. The molecule has 29 heavy (non-hydrogen) atoms. The third-order valence-electron chi connectivity index (χ3n) is 5.50. The molecule has 6 heteroatoms. The van der Waals surface area contributed by atoms with Gasteiger partial charge in [0.15, 0.2) is 11.5 Å². The molecule has 0 aliphatic carbocycles. The van der Waals surface area contributed by atoms with Gasteiger partial charge in [0.05, 0.1) is 0 Å². The molecule has 0 bridgehead atoms. The van der Waals surface area contributed by atoms with Crippen molar-refractivity contribution in [1.29, 1.82) is 0 Å². The van der Waals surface area contributed by atoms with Gasteiger partial charge in [0.1, 0.15) is 11.7 Å². The molecule has 0 spiro atoms. The zero-order valence-corrected chi connectivity index (χ0v) is 15.8. The zero-order valence-electron chi connectivity index (χ0n) is 15.8. The number of nitrogens with zero attached hydrogens (tertiary/aromatic N) is 4. The molecule has 3 heterocycles. The normalized spacial score (nSPS) is 20.8. The van der Waals surface area contributed by atoms with E-state index in [9.17, 15) is 4.39 Å². The topological polar surface area (TPSA) is 66.9 Å². The first-order chi connectivity index (χ1) is 14.2. The van der Waals surface area contributed by atoms with Gasteiger partial charge in [-0.05, 0) is 59.0 Å². The van der Waals surface area contributed by atoms with Crippen LogP contribution in [0.15, 0.2) is 83.0 Å². The molecular weight excluding hydrogens is 365 g/mol. The molecule has 0 saturated carbocycles. The summed E-state index contributed by atoms with van der Waals surface area (Å²) < 4.78 is 13.4. The molecular formula is C23H20FN5. The van der Waals surface area contributed by atoms with E-state index in [4.69, 9.17) is 15.7 Å². The highest BCUT2D eigenvalue weighted by Crippen LogP contribution is 2.42. The summed E-state index contributed by atoms with van der Waals surface area (Å²) in [6.07, 6.45) is 4.47. The van der Waals surface area contributed by atoms with E-state index < -0.39 is 5.54 Å². The Hall–Kier alpha value is -3.54. The van der Waals surface area contributed by atoms with Crippen LogP contribution in [-0.2, 0) is 5.54 Å². The van der Waals surface area contributed by atoms with Crippen molar-refractivity contribution in [3.05, 3.63) is 90.0 Å². The second-order valence-electron chi connectivity index (χ2n) is 7.21. The Balaban J connectivity index is 1.73. The van der Waals surface area contributed by atoms with Gasteiger partial charge in [-0.25, -0.2) is 9.38 Å². The highest BCUT2D eigenvalue weighted by molar-refractivity contribution is 6.12. The monoisotopic (exact) mass is 385 g/mol. The van der Waals surface area contributed by atoms with Gasteiger partial charge in [-0.15, -0.1) is 0 Å². The fourth-order valence-electron chi connectivity index (χ4n) is 4.13. The Labute approximate surface area is 168 Å². The maximum Gasteiger partial charge on any atom is 0.198 e. The summed E-state index contributed by atoms with van der Waals surface area (Å²) in [5.41, 5.74) is 9.39. The minimum absolute atomic E-state index is 0.251. The van der Waals surface area contributed by atoms with Crippen LogP contribution in [0.3, 0.4) is 0 Å². The lowest BCUT2D eigenvalue weighted by molar-refractivity contribution is 0.531. The predicted molar refractivity (Wildman–Crippen MR) is 112 cm³/mol. The molecule has 0 saturated heterocycles. The van der Waals surface area contributed by atoms with Crippen LogP contribution in [0.25, 0.3) is 11.1 Å². The van der Waals surface area contributed by atoms with Crippen LogP contribution in [0.1, 0.15) is 17.5 Å². The summed E-state index contributed by atoms with van der Waals surface area (Å²) in [6.45, 7) is 1.55. The summed E-state index contributed by atoms with van der Waals surface area (Å²) in [7, 11) is 0. The Morgan fingerprint density at radius 2 is 1.72 bits per heavy atom. The highest BCUT2D eigenvalue weighted by atomic mass is 19.1. The molecule has 2 aliphatic rings. The van der Waals surface area contributed by atoms with Crippen molar-refractivity contribution in [2.75, 3.05) is 13.1 Å². The van der Waals surface area contributed by atoms with Crippen LogP contribution in [-0.4, -0.2) is 34.8 Å². The lowest BCUT2D eigenvalue weighted by Gasteiger charge is -2.33. The number of hydrogen-bond acceptors (Lipinski definition) is 5. The van der Waals surface area contributed by atoms with Crippen LogP contribution < -0.4 is 5.73 Å². The summed E-state index contributed by atoms with van der Waals surface area (Å²) in [6, 6.07) is 18.6. The largest absolute Gasteiger partial charge is 0.369 e. The van der Waals surface area contributed by atoms with Crippen LogP contribution in [0.4, 0.5) is 4.39 Å². The van der Waals surface area contributed by atoms with Gasteiger partial charge in [-0.3, -0.25) is 14.9 Å². The Kier molecular flexibility index (Phi) is 4.12. The van der Waals surface area contributed by atoms with E-state index in [1.54, 1.807) is 24.5 Å². The molecule has 1 aromatic heterocycles. The third kappa shape index (κ3) is 2.79. The molecule has 144 valence electrons. The average molecular weight is 385 g/mol. The van der Waals surface area contributed by atoms with Crippen LogP contribution in [0.2, 0.25) is 0 Å². The second-order valence-corrected chi connectivity index (χ2v) is 7.21. The Bertz CT molecular complexity index is 1110. The number of aromatic nitrogens is 1. The van der Waals surface area contributed by atoms with Crippen molar-refractivity contribution in [3.8, 4) is 11.1 Å². The molecule has 1 unspecified atom stereocenters. The fourth-order valence-corrected chi connectivity index (χ4v) is 4.13. The number of aliphatic imine (C=N–C) groups is 2. The van der Waals surface area contributed by atoms with E-state index in [2.05, 4.69) is 11.1 Å². The molecule has 5 rings (SSSR count). The number of halogens is 1. The molecule has 1 atom stereocenters. The maximum atomic E-state index is 13.4. The summed E-state index contributed by atoms with van der Waals surface area (Å²) >= 11 is 0. The van der Waals surface area contributed by atoms with Crippen LogP contribution in [0, 0.1) is 5.82 Å². The van der Waals surface area contributed by atoms with E-state index in [1.165, 1.54) is 12.1 Å². The van der Waals surface area contributed by atoms with Crippen molar-refractivity contribution in [3.63, 3.8) is 0 Å². The highest BCUT2D eigenvalue weighted by Gasteiger charge is 2.49. The number of pyridine rings is 1. The molecule has 0 fully saturated rings. The van der Waals surface area contributed by atoms with Crippen LogP contribution in [0.5, 0.6) is 0 Å². The Morgan fingerprint density at radius 1 is 0.931 bits per heavy atom. The first-order valence-corrected chi connectivity index (χ1v) is 9.63. The van der Waals surface area contributed by atoms with Crippen molar-refractivity contribution >= 4 is 11.8 Å². The van der Waals surface area contributed by atoms with E-state index in [0.717, 1.165) is 47.6 Å². The zero-order chi connectivity index (χ0) is 19.8.